The van der Waals surface area contributed by atoms with Gasteiger partial charge in [-0.05, 0) is 63.1 Å². The van der Waals surface area contributed by atoms with Crippen LogP contribution in [0.5, 0.6) is 5.75 Å². The molecule has 0 fully saturated rings. The largest absolute Gasteiger partial charge is 0.495 e. The SMILES string of the molecule is CCN(c1ccccc1)S(=O)(=O)c1ccc(OC)c(NC(=O)CCc2c(C)nn(C)c2C)c1. The number of amides is 1. The van der Waals surface area contributed by atoms with Crippen LogP contribution in [0.4, 0.5) is 11.4 Å². The van der Waals surface area contributed by atoms with Crippen molar-refractivity contribution in [3.8, 4) is 5.75 Å². The van der Waals surface area contributed by atoms with Gasteiger partial charge in [-0.1, -0.05) is 18.2 Å². The van der Waals surface area contributed by atoms with Gasteiger partial charge in [-0.15, -0.1) is 0 Å². The molecule has 1 aromatic heterocycles. The first-order chi connectivity index (χ1) is 15.7. The molecule has 1 amide bonds. The Morgan fingerprint density at radius 1 is 1.15 bits per heavy atom. The molecule has 0 unspecified atom stereocenters. The minimum absolute atomic E-state index is 0.0725. The van der Waals surface area contributed by atoms with Gasteiger partial charge in [0.25, 0.3) is 10.0 Å². The number of rotatable bonds is 9. The lowest BCUT2D eigenvalue weighted by Gasteiger charge is -2.23. The summed E-state index contributed by atoms with van der Waals surface area (Å²) in [6.07, 6.45) is 0.772. The second-order valence-corrected chi connectivity index (χ2v) is 9.55. The van der Waals surface area contributed by atoms with Gasteiger partial charge in [-0.2, -0.15) is 5.10 Å². The van der Waals surface area contributed by atoms with Gasteiger partial charge in [0.2, 0.25) is 5.91 Å². The lowest BCUT2D eigenvalue weighted by molar-refractivity contribution is -0.116. The molecular weight excluding hydrogens is 440 g/mol. The van der Waals surface area contributed by atoms with Crippen molar-refractivity contribution >= 4 is 27.3 Å². The third-order valence-corrected chi connectivity index (χ3v) is 7.52. The van der Waals surface area contributed by atoms with Gasteiger partial charge in [0.1, 0.15) is 5.75 Å². The third-order valence-electron chi connectivity index (χ3n) is 5.63. The Morgan fingerprint density at radius 3 is 2.42 bits per heavy atom. The summed E-state index contributed by atoms with van der Waals surface area (Å²) in [7, 11) is -0.487. The van der Waals surface area contributed by atoms with Crippen LogP contribution < -0.4 is 14.4 Å². The maximum absolute atomic E-state index is 13.4. The van der Waals surface area contributed by atoms with Crippen LogP contribution in [0.3, 0.4) is 0 Å². The Labute approximate surface area is 195 Å². The summed E-state index contributed by atoms with van der Waals surface area (Å²) < 4.78 is 35.2. The third kappa shape index (κ3) is 5.19. The van der Waals surface area contributed by atoms with E-state index in [0.29, 0.717) is 23.5 Å². The summed E-state index contributed by atoms with van der Waals surface area (Å²) in [5.74, 6) is 0.153. The van der Waals surface area contributed by atoms with Crippen LogP contribution >= 0.6 is 0 Å². The van der Waals surface area contributed by atoms with Crippen LogP contribution in [-0.4, -0.2) is 37.8 Å². The van der Waals surface area contributed by atoms with Gasteiger partial charge in [-0.3, -0.25) is 13.8 Å². The number of methoxy groups -OCH3 is 1. The van der Waals surface area contributed by atoms with Gasteiger partial charge in [-0.25, -0.2) is 8.42 Å². The van der Waals surface area contributed by atoms with Crippen molar-refractivity contribution in [2.45, 2.75) is 38.5 Å². The number of nitrogens with one attached hydrogen (secondary N) is 1. The van der Waals surface area contributed by atoms with E-state index in [9.17, 15) is 13.2 Å². The molecule has 0 radical (unpaired) electrons. The zero-order valence-electron chi connectivity index (χ0n) is 19.6. The number of carbonyl (C=O) groups excluding carboxylic acids is 1. The maximum Gasteiger partial charge on any atom is 0.264 e. The molecule has 33 heavy (non-hydrogen) atoms. The fourth-order valence-electron chi connectivity index (χ4n) is 3.79. The Balaban J connectivity index is 1.83. The molecule has 0 aliphatic heterocycles. The van der Waals surface area contributed by atoms with E-state index in [0.717, 1.165) is 17.0 Å². The summed E-state index contributed by atoms with van der Waals surface area (Å²) in [5.41, 5.74) is 3.84. The zero-order chi connectivity index (χ0) is 24.2. The number of anilines is 2. The number of hydrogen-bond acceptors (Lipinski definition) is 5. The topological polar surface area (TPSA) is 93.5 Å². The van der Waals surface area contributed by atoms with Crippen molar-refractivity contribution in [2.75, 3.05) is 23.3 Å². The van der Waals surface area contributed by atoms with Gasteiger partial charge < -0.3 is 10.1 Å². The molecule has 0 saturated carbocycles. The van der Waals surface area contributed by atoms with E-state index in [4.69, 9.17) is 4.74 Å². The molecule has 0 spiro atoms. The monoisotopic (exact) mass is 470 g/mol. The summed E-state index contributed by atoms with van der Waals surface area (Å²) in [6.45, 7) is 5.93. The Hall–Kier alpha value is -3.33. The molecule has 0 bridgehead atoms. The number of nitrogens with zero attached hydrogens (tertiary/aromatic N) is 3. The number of para-hydroxylation sites is 1. The summed E-state index contributed by atoms with van der Waals surface area (Å²) in [6, 6.07) is 13.4. The highest BCUT2D eigenvalue weighted by molar-refractivity contribution is 7.92. The summed E-state index contributed by atoms with van der Waals surface area (Å²) >= 11 is 0. The van der Waals surface area contributed by atoms with E-state index < -0.39 is 10.0 Å². The van der Waals surface area contributed by atoms with Gasteiger partial charge in [0, 0.05) is 25.7 Å². The van der Waals surface area contributed by atoms with Crippen LogP contribution in [0.25, 0.3) is 0 Å². The Morgan fingerprint density at radius 2 is 1.85 bits per heavy atom. The fraction of sp³-hybridized carbons (Fsp3) is 0.333. The average molecular weight is 471 g/mol. The molecular formula is C24H30N4O4S. The normalized spacial score (nSPS) is 11.3. The van der Waals surface area contributed by atoms with Crippen LogP contribution in [0.2, 0.25) is 0 Å². The molecule has 0 saturated heterocycles. The number of aryl methyl sites for hydroxylation is 2. The quantitative estimate of drug-likeness (QED) is 0.513. The van der Waals surface area contributed by atoms with E-state index in [1.54, 1.807) is 41.9 Å². The molecule has 9 heteroatoms. The Bertz CT molecular complexity index is 1240. The number of benzene rings is 2. The van der Waals surface area contributed by atoms with Crippen molar-refractivity contribution in [1.29, 1.82) is 0 Å². The number of carbonyl (C=O) groups is 1. The highest BCUT2D eigenvalue weighted by Crippen LogP contribution is 2.31. The predicted molar refractivity (Wildman–Crippen MR) is 129 cm³/mol. The lowest BCUT2D eigenvalue weighted by atomic mass is 10.1. The minimum Gasteiger partial charge on any atom is -0.495 e. The zero-order valence-corrected chi connectivity index (χ0v) is 20.4. The molecule has 3 aromatic rings. The summed E-state index contributed by atoms with van der Waals surface area (Å²) in [4.78, 5) is 12.8. The first kappa shape index (κ1) is 24.3. The van der Waals surface area contributed by atoms with Gasteiger partial charge in [0.15, 0.2) is 0 Å². The second kappa shape index (κ2) is 10.1. The van der Waals surface area contributed by atoms with Crippen LogP contribution in [0.15, 0.2) is 53.4 Å². The molecule has 176 valence electrons. The molecule has 0 aliphatic carbocycles. The minimum atomic E-state index is -3.84. The molecule has 3 rings (SSSR count). The molecule has 1 heterocycles. The highest BCUT2D eigenvalue weighted by Gasteiger charge is 2.25. The first-order valence-electron chi connectivity index (χ1n) is 10.7. The van der Waals surface area contributed by atoms with Crippen molar-refractivity contribution in [3.63, 3.8) is 0 Å². The maximum atomic E-state index is 13.4. The molecule has 0 aliphatic rings. The number of aromatic nitrogens is 2. The van der Waals surface area contributed by atoms with Gasteiger partial charge in [0.05, 0.1) is 29.1 Å². The first-order valence-corrected chi connectivity index (χ1v) is 12.2. The average Bonchev–Trinajstić information content (AvgIpc) is 3.04. The van der Waals surface area contributed by atoms with Crippen LogP contribution in [-0.2, 0) is 28.3 Å². The van der Waals surface area contributed by atoms with Crippen LogP contribution in [0, 0.1) is 13.8 Å². The van der Waals surface area contributed by atoms with E-state index >= 15 is 0 Å². The van der Waals surface area contributed by atoms with E-state index in [2.05, 4.69) is 10.4 Å². The van der Waals surface area contributed by atoms with Crippen molar-refractivity contribution in [1.82, 2.24) is 9.78 Å². The fourth-order valence-corrected chi connectivity index (χ4v) is 5.29. The standard InChI is InChI=1S/C24H30N4O4S/c1-6-28(19-10-8-7-9-11-19)33(30,31)20-12-14-23(32-5)22(16-20)25-24(29)15-13-21-17(2)26-27(4)18(21)3/h7-12,14,16H,6,13,15H2,1-5H3,(H,25,29). The number of sulfonamides is 1. The van der Waals surface area contributed by atoms with Gasteiger partial charge >= 0.3 is 0 Å². The number of ether oxygens (including phenoxy) is 1. The molecule has 8 nitrogen and oxygen atoms in total. The predicted octanol–water partition coefficient (Wildman–Crippen LogP) is 3.83. The van der Waals surface area contributed by atoms with Crippen LogP contribution in [0.1, 0.15) is 30.3 Å². The highest BCUT2D eigenvalue weighted by atomic mass is 32.2. The van der Waals surface area contributed by atoms with E-state index in [-0.39, 0.29) is 23.8 Å². The summed E-state index contributed by atoms with van der Waals surface area (Å²) in [5, 5.41) is 7.19. The second-order valence-electron chi connectivity index (χ2n) is 7.69. The molecule has 2 aromatic carbocycles. The molecule has 0 atom stereocenters. The Kier molecular flexibility index (Phi) is 7.43. The number of hydrogen-bond donors (Lipinski definition) is 1. The van der Waals surface area contributed by atoms with Crippen molar-refractivity contribution < 1.29 is 17.9 Å². The van der Waals surface area contributed by atoms with Crippen molar-refractivity contribution in [2.24, 2.45) is 7.05 Å². The van der Waals surface area contributed by atoms with E-state index in [1.807, 2.05) is 27.0 Å². The van der Waals surface area contributed by atoms with E-state index in [1.165, 1.54) is 23.5 Å². The lowest BCUT2D eigenvalue weighted by Crippen LogP contribution is -2.30. The smallest absolute Gasteiger partial charge is 0.264 e. The molecule has 1 N–H and O–H groups in total. The van der Waals surface area contributed by atoms with Crippen molar-refractivity contribution in [3.05, 3.63) is 65.5 Å².